The Bertz CT molecular complexity index is 2050. The fourth-order valence-corrected chi connectivity index (χ4v) is 9.62. The predicted molar refractivity (Wildman–Crippen MR) is 254 cm³/mol. The first-order valence-electron chi connectivity index (χ1n) is 22.5. The summed E-state index contributed by atoms with van der Waals surface area (Å²) in [6.45, 7) is 6.60. The van der Waals surface area contributed by atoms with Crippen LogP contribution in [-0.2, 0) is 59.2 Å². The van der Waals surface area contributed by atoms with Crippen LogP contribution in [0.3, 0.4) is 0 Å². The minimum Gasteiger partial charge on any atom is -0.508 e. The fraction of sp³-hybridized carbons (Fsp3) is 0.605. The van der Waals surface area contributed by atoms with Crippen LogP contribution < -0.4 is 60.2 Å². The minimum absolute atomic E-state index is 0.0468. The van der Waals surface area contributed by atoms with Crippen molar-refractivity contribution in [2.45, 2.75) is 127 Å². The van der Waals surface area contributed by atoms with Gasteiger partial charge in [-0.05, 0) is 55.2 Å². The highest BCUT2D eigenvalue weighted by Crippen LogP contribution is 2.26. The molecular formula is C43H66N12O12S2. The number of aromatic hydroxyl groups is 1. The van der Waals surface area contributed by atoms with Crippen molar-refractivity contribution in [1.29, 1.82) is 0 Å². The number of nitrogens with zero attached hydrogens (tertiary/aromatic N) is 1. The van der Waals surface area contributed by atoms with E-state index in [1.165, 1.54) is 29.2 Å². The standard InChI is InChI=1S/C43H66N12O12S2/c1-5-22(4)35-42(66)49-26(12-13-32(45)57)38(62)51-29(17-33(46)58)39(63)53-30(20-69-68-19-25(44)36(60)50-28(40(64)54-35)16-23-8-10-24(56)11-9-23)43(67)55-14-6-7-31(55)41(65)52-27(15-21(2)3)37(61)48-18-34(47)59/h8-11,21-22,25-31,35,56H,5-7,12-20,44H2,1-4H3,(H2,45,57)(H2,46,58)(H2,47,59)(H,48,61)(H,49,66)(H,50,60)(H,51,62)(H,52,65)(H,53,63)(H,54,64)/t22-,25+,26-,27-,28-,29-,30+,31-,35-/m0/s1. The zero-order chi connectivity index (χ0) is 51.5. The van der Waals surface area contributed by atoms with E-state index >= 15 is 0 Å². The molecule has 0 radical (unpaired) electrons. The van der Waals surface area contributed by atoms with Crippen LogP contribution in [0.5, 0.6) is 5.75 Å². The van der Waals surface area contributed by atoms with Gasteiger partial charge in [0, 0.05) is 30.9 Å². The van der Waals surface area contributed by atoms with E-state index in [4.69, 9.17) is 22.9 Å². The van der Waals surface area contributed by atoms with E-state index in [1.54, 1.807) is 13.8 Å². The number of likely N-dealkylation sites (tertiary alicyclic amines) is 1. The Labute approximate surface area is 407 Å². The van der Waals surface area contributed by atoms with Crippen molar-refractivity contribution in [3.8, 4) is 5.75 Å². The number of carbonyl (C=O) groups excluding carboxylic acids is 11. The molecule has 0 unspecified atom stereocenters. The molecule has 0 saturated carbocycles. The maximum absolute atomic E-state index is 14.5. The Kier molecular flexibility index (Phi) is 23.0. The van der Waals surface area contributed by atoms with Crippen LogP contribution in [0.1, 0.15) is 78.2 Å². The van der Waals surface area contributed by atoms with Gasteiger partial charge >= 0.3 is 0 Å². The molecule has 1 aromatic carbocycles. The molecule has 2 aliphatic rings. The lowest BCUT2D eigenvalue weighted by atomic mass is 9.96. The number of amides is 11. The number of hydrogen-bond donors (Lipinski definition) is 12. The average molecular weight is 1010 g/mol. The van der Waals surface area contributed by atoms with Gasteiger partial charge in [-0.1, -0.05) is 67.8 Å². The number of benzene rings is 1. The number of phenolic OH excluding ortho intramolecular Hbond substituents is 1. The van der Waals surface area contributed by atoms with Gasteiger partial charge in [0.1, 0.15) is 48.0 Å². The smallest absolute Gasteiger partial charge is 0.246 e. The summed E-state index contributed by atoms with van der Waals surface area (Å²) in [5.41, 5.74) is 22.9. The van der Waals surface area contributed by atoms with Gasteiger partial charge in [0.15, 0.2) is 0 Å². The molecule has 2 heterocycles. The number of nitrogens with one attached hydrogen (secondary N) is 7. The highest BCUT2D eigenvalue weighted by atomic mass is 33.1. The van der Waals surface area contributed by atoms with Crippen molar-refractivity contribution in [3.63, 3.8) is 0 Å². The first-order valence-corrected chi connectivity index (χ1v) is 25.0. The summed E-state index contributed by atoms with van der Waals surface area (Å²) in [5.74, 6) is -10.4. The third-order valence-corrected chi connectivity index (χ3v) is 13.7. The molecule has 2 saturated heterocycles. The van der Waals surface area contributed by atoms with Gasteiger partial charge in [-0.3, -0.25) is 52.7 Å². The molecule has 0 spiro atoms. The molecule has 2 aliphatic heterocycles. The van der Waals surface area contributed by atoms with E-state index in [1.807, 2.05) is 13.8 Å². The van der Waals surface area contributed by atoms with Crippen molar-refractivity contribution in [2.24, 2.45) is 34.8 Å². The normalized spacial score (nSPS) is 24.3. The maximum atomic E-state index is 14.5. The van der Waals surface area contributed by atoms with Gasteiger partial charge in [-0.2, -0.15) is 0 Å². The second kappa shape index (κ2) is 27.7. The fourth-order valence-electron chi connectivity index (χ4n) is 7.34. The summed E-state index contributed by atoms with van der Waals surface area (Å²) in [7, 11) is 2.05. The van der Waals surface area contributed by atoms with E-state index in [-0.39, 0.29) is 49.0 Å². The lowest BCUT2D eigenvalue weighted by Gasteiger charge is -2.31. The van der Waals surface area contributed by atoms with Crippen LogP contribution in [0.4, 0.5) is 0 Å². The Hall–Kier alpha value is -6.15. The third-order valence-electron chi connectivity index (χ3n) is 11.3. The zero-order valence-corrected chi connectivity index (χ0v) is 40.7. The zero-order valence-electron chi connectivity index (χ0n) is 39.1. The summed E-state index contributed by atoms with van der Waals surface area (Å²) < 4.78 is 0. The van der Waals surface area contributed by atoms with Crippen LogP contribution in [0, 0.1) is 11.8 Å². The number of nitrogens with two attached hydrogens (primary N) is 4. The first kappa shape index (κ1) is 57.2. The van der Waals surface area contributed by atoms with Gasteiger partial charge in [-0.25, -0.2) is 0 Å². The van der Waals surface area contributed by atoms with Crippen LogP contribution in [0.2, 0.25) is 0 Å². The monoisotopic (exact) mass is 1010 g/mol. The maximum Gasteiger partial charge on any atom is 0.246 e. The highest BCUT2D eigenvalue weighted by Gasteiger charge is 2.41. The molecular weight excluding hydrogens is 941 g/mol. The molecule has 9 atom stereocenters. The predicted octanol–water partition coefficient (Wildman–Crippen LogP) is -3.61. The number of primary amides is 3. The molecule has 3 rings (SSSR count). The van der Waals surface area contributed by atoms with Crippen molar-refractivity contribution >= 4 is 86.6 Å². The van der Waals surface area contributed by atoms with Gasteiger partial charge in [0.05, 0.1) is 19.0 Å². The van der Waals surface area contributed by atoms with Gasteiger partial charge in [0.2, 0.25) is 65.0 Å². The molecule has 26 heteroatoms. The number of phenols is 1. The summed E-state index contributed by atoms with van der Waals surface area (Å²) in [4.78, 5) is 148. The van der Waals surface area contributed by atoms with E-state index < -0.39 is 145 Å². The van der Waals surface area contributed by atoms with Crippen LogP contribution >= 0.6 is 21.6 Å². The Morgan fingerprint density at radius 2 is 1.39 bits per heavy atom. The second-order valence-electron chi connectivity index (χ2n) is 17.4. The van der Waals surface area contributed by atoms with E-state index in [2.05, 4.69) is 37.2 Å². The van der Waals surface area contributed by atoms with Crippen molar-refractivity contribution < 1.29 is 57.8 Å². The lowest BCUT2D eigenvalue weighted by molar-refractivity contribution is -0.142. The third kappa shape index (κ3) is 18.7. The molecule has 11 amide bonds. The summed E-state index contributed by atoms with van der Waals surface area (Å²) in [6, 6.07) is -5.05. The van der Waals surface area contributed by atoms with Crippen LogP contribution in [-0.4, -0.2) is 148 Å². The van der Waals surface area contributed by atoms with Gasteiger partial charge < -0.3 is 70.2 Å². The molecule has 16 N–H and O–H groups in total. The summed E-state index contributed by atoms with van der Waals surface area (Å²) in [5, 5.41) is 27.7. The van der Waals surface area contributed by atoms with Gasteiger partial charge in [-0.15, -0.1) is 0 Å². The molecule has 0 aromatic heterocycles. The van der Waals surface area contributed by atoms with E-state index in [0.29, 0.717) is 18.4 Å². The molecule has 382 valence electrons. The average Bonchev–Trinajstić information content (AvgIpc) is 3.78. The SMILES string of the molecule is CC[C@H](C)[C@@H]1NC(=O)[C@H](Cc2ccc(O)cc2)NC(=O)[C@H](N)CSSC[C@H](C(=O)N2CCC[C@H]2C(=O)N[C@@H](CC(C)C)C(=O)NCC(N)=O)NC(=O)[C@H](CC(N)=O)NC(=O)[C@H](CCC(N)=O)NC1=O. The first-order chi connectivity index (χ1) is 32.5. The summed E-state index contributed by atoms with van der Waals surface area (Å²) >= 11 is 0. The minimum atomic E-state index is -1.75. The lowest BCUT2D eigenvalue weighted by Crippen LogP contribution is -2.61. The topological polar surface area (TPSA) is 400 Å². The molecule has 69 heavy (non-hydrogen) atoms. The molecule has 0 bridgehead atoms. The molecule has 2 fully saturated rings. The van der Waals surface area contributed by atoms with Crippen molar-refractivity contribution in [2.75, 3.05) is 24.6 Å². The Morgan fingerprint density at radius 3 is 2.00 bits per heavy atom. The highest BCUT2D eigenvalue weighted by molar-refractivity contribution is 8.76. The van der Waals surface area contributed by atoms with E-state index in [0.717, 1.165) is 21.6 Å². The molecule has 0 aliphatic carbocycles. The quantitative estimate of drug-likeness (QED) is 0.0671. The molecule has 24 nitrogen and oxygen atoms in total. The Balaban J connectivity index is 2.05. The number of rotatable bonds is 17. The number of carbonyl (C=O) groups is 11. The summed E-state index contributed by atoms with van der Waals surface area (Å²) in [6.07, 6.45) is -0.694. The second-order valence-corrected chi connectivity index (χ2v) is 20.0. The van der Waals surface area contributed by atoms with Crippen molar-refractivity contribution in [1.82, 2.24) is 42.1 Å². The Morgan fingerprint density at radius 1 is 0.783 bits per heavy atom. The van der Waals surface area contributed by atoms with Gasteiger partial charge in [0.25, 0.3) is 0 Å². The largest absolute Gasteiger partial charge is 0.508 e. The van der Waals surface area contributed by atoms with Crippen LogP contribution in [0.25, 0.3) is 0 Å². The van der Waals surface area contributed by atoms with E-state index in [9.17, 15) is 57.8 Å². The van der Waals surface area contributed by atoms with Crippen LogP contribution in [0.15, 0.2) is 24.3 Å². The number of hydrogen-bond acceptors (Lipinski definition) is 15. The van der Waals surface area contributed by atoms with Crippen molar-refractivity contribution in [3.05, 3.63) is 29.8 Å². The molecule has 1 aromatic rings.